The van der Waals surface area contributed by atoms with E-state index in [2.05, 4.69) is 51.0 Å². The van der Waals surface area contributed by atoms with Gasteiger partial charge in [-0.3, -0.25) is 4.79 Å². The lowest BCUT2D eigenvalue weighted by atomic mass is 9.93. The molecule has 3 aliphatic rings. The van der Waals surface area contributed by atoms with Crippen LogP contribution in [-0.2, 0) is 15.2 Å². The first-order chi connectivity index (χ1) is 17.5. The van der Waals surface area contributed by atoms with Gasteiger partial charge in [0.05, 0.1) is 27.6 Å². The van der Waals surface area contributed by atoms with Gasteiger partial charge in [0, 0.05) is 46.7 Å². The third-order valence-electron chi connectivity index (χ3n) is 8.65. The van der Waals surface area contributed by atoms with Crippen LogP contribution in [0.5, 0.6) is 0 Å². The lowest BCUT2D eigenvalue weighted by Gasteiger charge is -2.48. The number of carbonyl (C=O) groups excluding carboxylic acids is 1. The van der Waals surface area contributed by atoms with Crippen LogP contribution in [0.4, 0.5) is 0 Å². The summed E-state index contributed by atoms with van der Waals surface area (Å²) in [6.45, 7) is 2.09. The highest BCUT2D eigenvalue weighted by molar-refractivity contribution is 6.31. The highest BCUT2D eigenvalue weighted by Crippen LogP contribution is 2.54. The SMILES string of the molecule is CNC1CC2O[C@](C)(C1OC)n1c3ccccc3c3c4c(c5c6ccccc6n2c5c31)C(=O)NC4O. The number of hydrogen-bond acceptors (Lipinski definition) is 5. The van der Waals surface area contributed by atoms with Crippen molar-refractivity contribution in [3.63, 3.8) is 0 Å². The Labute approximate surface area is 206 Å². The molecule has 3 N–H and O–H groups in total. The van der Waals surface area contributed by atoms with E-state index < -0.39 is 12.0 Å². The van der Waals surface area contributed by atoms with Gasteiger partial charge >= 0.3 is 0 Å². The second kappa shape index (κ2) is 6.66. The molecule has 3 aromatic carbocycles. The predicted molar refractivity (Wildman–Crippen MR) is 137 cm³/mol. The van der Waals surface area contributed by atoms with Gasteiger partial charge in [-0.1, -0.05) is 36.4 Å². The Morgan fingerprint density at radius 3 is 2.50 bits per heavy atom. The van der Waals surface area contributed by atoms with Crippen LogP contribution in [0.1, 0.15) is 41.7 Å². The molecule has 36 heavy (non-hydrogen) atoms. The molecule has 0 spiro atoms. The molecule has 0 radical (unpaired) electrons. The van der Waals surface area contributed by atoms with E-state index in [1.54, 1.807) is 7.11 Å². The molecule has 1 fully saturated rings. The topological polar surface area (TPSA) is 89.7 Å². The minimum atomic E-state index is -1.09. The molecule has 5 atom stereocenters. The second-order valence-electron chi connectivity index (χ2n) is 10.3. The van der Waals surface area contributed by atoms with Crippen LogP contribution in [0, 0.1) is 0 Å². The van der Waals surface area contributed by atoms with Crippen LogP contribution in [0.15, 0.2) is 48.5 Å². The number of benzene rings is 3. The summed E-state index contributed by atoms with van der Waals surface area (Å²) in [7, 11) is 3.70. The number of amides is 1. The van der Waals surface area contributed by atoms with Gasteiger partial charge in [0.15, 0.2) is 12.0 Å². The number of para-hydroxylation sites is 2. The normalized spacial score (nSPS) is 28.9. The Kier molecular flexibility index (Phi) is 3.83. The molecule has 0 saturated carbocycles. The fourth-order valence-electron chi connectivity index (χ4n) is 7.38. The van der Waals surface area contributed by atoms with Gasteiger partial charge in [-0.05, 0) is 26.1 Å². The molecule has 0 aliphatic carbocycles. The first-order valence-corrected chi connectivity index (χ1v) is 12.4. The number of nitrogens with one attached hydrogen (secondary N) is 2. The molecule has 2 bridgehead atoms. The Hall–Kier alpha value is -3.43. The molecule has 5 heterocycles. The maximum atomic E-state index is 13.4. The van der Waals surface area contributed by atoms with Gasteiger partial charge in [0.25, 0.3) is 5.91 Å². The molecular weight excluding hydrogens is 456 g/mol. The maximum absolute atomic E-state index is 13.4. The lowest BCUT2D eigenvalue weighted by Crippen LogP contribution is -2.59. The van der Waals surface area contributed by atoms with E-state index in [1.165, 1.54) is 0 Å². The number of nitrogens with zero attached hydrogens (tertiary/aromatic N) is 2. The first-order valence-electron chi connectivity index (χ1n) is 12.4. The zero-order chi connectivity index (χ0) is 24.5. The molecule has 4 unspecified atom stereocenters. The standard InChI is InChI=1S/C28H26N4O4/c1-28-25(35-3)15(29-2)12-18(36-28)31-16-10-6-4-8-13(16)19-21-22(27(34)30-26(21)33)20-14-9-5-7-11-17(14)32(28)24(20)23(19)31/h4-11,15,18,25,27,29,34H,12H2,1-3H3,(H,30,33)/t15?,18?,25?,27?,28-/m1/s1. The average molecular weight is 483 g/mol. The molecule has 5 aromatic rings. The lowest BCUT2D eigenvalue weighted by molar-refractivity contribution is -0.256. The molecule has 1 saturated heterocycles. The van der Waals surface area contributed by atoms with E-state index in [-0.39, 0.29) is 24.3 Å². The zero-order valence-corrected chi connectivity index (χ0v) is 20.2. The summed E-state index contributed by atoms with van der Waals surface area (Å²) >= 11 is 0. The molecule has 3 aliphatic heterocycles. The fourth-order valence-corrected chi connectivity index (χ4v) is 7.38. The van der Waals surface area contributed by atoms with Crippen molar-refractivity contribution in [3.8, 4) is 0 Å². The number of aliphatic hydroxyl groups excluding tert-OH is 1. The number of fused-ring (bicyclic) bond motifs is 13. The van der Waals surface area contributed by atoms with Gasteiger partial charge in [-0.25, -0.2) is 0 Å². The Balaban J connectivity index is 1.73. The molecule has 1 amide bonds. The maximum Gasteiger partial charge on any atom is 0.254 e. The highest BCUT2D eigenvalue weighted by Gasteiger charge is 2.53. The number of ether oxygens (including phenoxy) is 2. The van der Waals surface area contributed by atoms with Crippen LogP contribution in [0.25, 0.3) is 43.6 Å². The van der Waals surface area contributed by atoms with Crippen molar-refractivity contribution in [1.82, 2.24) is 19.8 Å². The minimum absolute atomic E-state index is 0.0289. The second-order valence-corrected chi connectivity index (χ2v) is 10.3. The summed E-state index contributed by atoms with van der Waals surface area (Å²) in [4.78, 5) is 13.4. The van der Waals surface area contributed by atoms with Gasteiger partial charge < -0.3 is 34.3 Å². The number of methoxy groups -OCH3 is 1. The third kappa shape index (κ3) is 2.15. The van der Waals surface area contributed by atoms with Crippen molar-refractivity contribution >= 4 is 49.5 Å². The number of rotatable bonds is 2. The van der Waals surface area contributed by atoms with Crippen molar-refractivity contribution in [2.75, 3.05) is 14.2 Å². The van der Waals surface area contributed by atoms with Crippen LogP contribution in [-0.4, -0.2) is 46.5 Å². The van der Waals surface area contributed by atoms with E-state index in [0.29, 0.717) is 17.5 Å². The van der Waals surface area contributed by atoms with Crippen molar-refractivity contribution in [3.05, 3.63) is 59.7 Å². The quantitative estimate of drug-likeness (QED) is 0.356. The van der Waals surface area contributed by atoms with E-state index in [9.17, 15) is 9.90 Å². The predicted octanol–water partition coefficient (Wildman–Crippen LogP) is 3.84. The fraction of sp³-hybridized carbons (Fsp3) is 0.321. The zero-order valence-electron chi connectivity index (χ0n) is 20.2. The summed E-state index contributed by atoms with van der Waals surface area (Å²) in [5.74, 6) is -0.249. The number of aliphatic hydroxyl groups is 1. The number of likely N-dealkylation sites (N-methyl/N-ethyl adjacent to an activating group) is 1. The van der Waals surface area contributed by atoms with Gasteiger partial charge in [-0.15, -0.1) is 0 Å². The Morgan fingerprint density at radius 2 is 1.78 bits per heavy atom. The van der Waals surface area contributed by atoms with Crippen molar-refractivity contribution in [2.45, 2.75) is 43.7 Å². The molecule has 2 aromatic heterocycles. The molecule has 8 nitrogen and oxygen atoms in total. The highest BCUT2D eigenvalue weighted by atomic mass is 16.6. The smallest absolute Gasteiger partial charge is 0.254 e. The van der Waals surface area contributed by atoms with Crippen LogP contribution < -0.4 is 10.6 Å². The summed E-state index contributed by atoms with van der Waals surface area (Å²) in [5, 5.41) is 21.1. The number of carbonyl (C=O) groups is 1. The average Bonchev–Trinajstić information content (AvgIpc) is 3.48. The first kappa shape index (κ1) is 20.7. The summed E-state index contributed by atoms with van der Waals surface area (Å²) < 4.78 is 17.7. The Bertz CT molecular complexity index is 1790. The number of aromatic nitrogens is 2. The Morgan fingerprint density at radius 1 is 1.08 bits per heavy atom. The summed E-state index contributed by atoms with van der Waals surface area (Å²) in [5.41, 5.74) is 4.25. The van der Waals surface area contributed by atoms with Crippen LogP contribution in [0.2, 0.25) is 0 Å². The summed E-state index contributed by atoms with van der Waals surface area (Å²) in [6, 6.07) is 16.4. The number of hydrogen-bond donors (Lipinski definition) is 3. The van der Waals surface area contributed by atoms with E-state index in [4.69, 9.17) is 9.47 Å². The van der Waals surface area contributed by atoms with Crippen LogP contribution >= 0.6 is 0 Å². The van der Waals surface area contributed by atoms with Crippen molar-refractivity contribution in [1.29, 1.82) is 0 Å². The van der Waals surface area contributed by atoms with Crippen molar-refractivity contribution < 1.29 is 19.4 Å². The third-order valence-corrected chi connectivity index (χ3v) is 8.65. The summed E-state index contributed by atoms with van der Waals surface area (Å²) in [6.07, 6.45) is -0.941. The monoisotopic (exact) mass is 482 g/mol. The largest absolute Gasteiger partial charge is 0.375 e. The van der Waals surface area contributed by atoms with E-state index >= 15 is 0 Å². The van der Waals surface area contributed by atoms with Crippen molar-refractivity contribution in [2.24, 2.45) is 0 Å². The molecule has 182 valence electrons. The van der Waals surface area contributed by atoms with Gasteiger partial charge in [0.1, 0.15) is 12.3 Å². The molecular formula is C28H26N4O4. The molecule has 8 rings (SSSR count). The van der Waals surface area contributed by atoms with Crippen LogP contribution in [0.3, 0.4) is 0 Å². The van der Waals surface area contributed by atoms with Gasteiger partial charge in [-0.2, -0.15) is 0 Å². The van der Waals surface area contributed by atoms with E-state index in [0.717, 1.165) is 43.6 Å². The molecule has 8 heteroatoms. The van der Waals surface area contributed by atoms with E-state index in [1.807, 2.05) is 31.3 Å². The minimum Gasteiger partial charge on any atom is -0.375 e. The van der Waals surface area contributed by atoms with Gasteiger partial charge in [0.2, 0.25) is 0 Å².